The number of hydrogen-bond donors (Lipinski definition) is 1. The Kier molecular flexibility index (Phi) is 4.69. The minimum Gasteiger partial charge on any atom is -0.311 e. The summed E-state index contributed by atoms with van der Waals surface area (Å²) in [6.07, 6.45) is 13.4. The molecule has 1 aliphatic carbocycles. The van der Waals surface area contributed by atoms with E-state index in [0.29, 0.717) is 0 Å². The van der Waals surface area contributed by atoms with E-state index in [2.05, 4.69) is 16.1 Å². The highest BCUT2D eigenvalue weighted by atomic mass is 15.2. The van der Waals surface area contributed by atoms with Crippen LogP contribution in [0, 0.1) is 18.3 Å². The smallest absolute Gasteiger partial charge is 0.0223 e. The summed E-state index contributed by atoms with van der Waals surface area (Å²) in [7, 11) is 0. The standard InChI is InChI=1S/C14H24N2/c1-2-3-10-16-11-9-15-14(12-16)13-7-5-4-6-8-13/h1,13-15H,3-12H2. The van der Waals surface area contributed by atoms with Crippen LogP contribution in [-0.2, 0) is 0 Å². The van der Waals surface area contributed by atoms with Gasteiger partial charge in [-0.25, -0.2) is 0 Å². The van der Waals surface area contributed by atoms with Gasteiger partial charge >= 0.3 is 0 Å². The molecule has 0 aromatic heterocycles. The average Bonchev–Trinajstić information content (AvgIpc) is 2.38. The Hall–Kier alpha value is -0.520. The molecule has 0 radical (unpaired) electrons. The van der Waals surface area contributed by atoms with Gasteiger partial charge in [-0.1, -0.05) is 19.3 Å². The van der Waals surface area contributed by atoms with Crippen LogP contribution in [0.2, 0.25) is 0 Å². The quantitative estimate of drug-likeness (QED) is 0.730. The zero-order valence-electron chi connectivity index (χ0n) is 10.3. The third-order valence-electron chi connectivity index (χ3n) is 4.08. The minimum absolute atomic E-state index is 0.729. The van der Waals surface area contributed by atoms with Crippen molar-refractivity contribution in [3.63, 3.8) is 0 Å². The Morgan fingerprint density at radius 1 is 1.25 bits per heavy atom. The SMILES string of the molecule is C#CCCN1CCNC(C2CCCCC2)C1. The molecule has 1 atom stereocenters. The Bertz CT molecular complexity index is 238. The lowest BCUT2D eigenvalue weighted by molar-refractivity contribution is 0.148. The fourth-order valence-corrected chi connectivity index (χ4v) is 3.12. The van der Waals surface area contributed by atoms with Gasteiger partial charge in [0.2, 0.25) is 0 Å². The van der Waals surface area contributed by atoms with Gasteiger partial charge in [-0.15, -0.1) is 12.3 Å². The van der Waals surface area contributed by atoms with Crippen LogP contribution >= 0.6 is 0 Å². The molecular formula is C14H24N2. The molecule has 0 aromatic carbocycles. The third-order valence-corrected chi connectivity index (χ3v) is 4.08. The van der Waals surface area contributed by atoms with Crippen molar-refractivity contribution in [2.75, 3.05) is 26.2 Å². The lowest BCUT2D eigenvalue weighted by Gasteiger charge is -2.39. The highest BCUT2D eigenvalue weighted by Gasteiger charge is 2.27. The normalized spacial score (nSPS) is 28.8. The van der Waals surface area contributed by atoms with Gasteiger partial charge in [-0.3, -0.25) is 4.90 Å². The average molecular weight is 220 g/mol. The Morgan fingerprint density at radius 2 is 2.06 bits per heavy atom. The van der Waals surface area contributed by atoms with Crippen molar-refractivity contribution in [2.45, 2.75) is 44.6 Å². The summed E-state index contributed by atoms with van der Waals surface area (Å²) in [4.78, 5) is 2.54. The first-order valence-electron chi connectivity index (χ1n) is 6.79. The second kappa shape index (κ2) is 6.27. The van der Waals surface area contributed by atoms with Crippen LogP contribution in [-0.4, -0.2) is 37.1 Å². The second-order valence-corrected chi connectivity index (χ2v) is 5.21. The molecule has 0 spiro atoms. The molecule has 2 nitrogen and oxygen atoms in total. The lowest BCUT2D eigenvalue weighted by Crippen LogP contribution is -2.54. The predicted molar refractivity (Wildman–Crippen MR) is 68.3 cm³/mol. The highest BCUT2D eigenvalue weighted by Crippen LogP contribution is 2.27. The maximum absolute atomic E-state index is 5.33. The van der Waals surface area contributed by atoms with Crippen molar-refractivity contribution in [1.82, 2.24) is 10.2 Å². The van der Waals surface area contributed by atoms with Crippen molar-refractivity contribution in [3.8, 4) is 12.3 Å². The zero-order chi connectivity index (χ0) is 11.2. The molecule has 1 unspecified atom stereocenters. The molecule has 2 rings (SSSR count). The van der Waals surface area contributed by atoms with E-state index in [1.54, 1.807) is 0 Å². The minimum atomic E-state index is 0.729. The second-order valence-electron chi connectivity index (χ2n) is 5.21. The number of hydrogen-bond acceptors (Lipinski definition) is 2. The fraction of sp³-hybridized carbons (Fsp3) is 0.857. The Balaban J connectivity index is 1.79. The van der Waals surface area contributed by atoms with Gasteiger partial charge in [0, 0.05) is 38.6 Å². The first-order valence-corrected chi connectivity index (χ1v) is 6.79. The molecule has 90 valence electrons. The van der Waals surface area contributed by atoms with Gasteiger partial charge in [0.25, 0.3) is 0 Å². The molecule has 1 aliphatic heterocycles. The largest absolute Gasteiger partial charge is 0.311 e. The topological polar surface area (TPSA) is 15.3 Å². The van der Waals surface area contributed by atoms with E-state index < -0.39 is 0 Å². The summed E-state index contributed by atoms with van der Waals surface area (Å²) in [5, 5.41) is 3.70. The van der Waals surface area contributed by atoms with E-state index in [4.69, 9.17) is 6.42 Å². The number of rotatable bonds is 3. The molecule has 1 heterocycles. The van der Waals surface area contributed by atoms with Gasteiger partial charge in [0.05, 0.1) is 0 Å². The Morgan fingerprint density at radius 3 is 2.81 bits per heavy atom. The maximum Gasteiger partial charge on any atom is 0.0223 e. The summed E-state index contributed by atoms with van der Waals surface area (Å²) in [5.74, 6) is 3.67. The summed E-state index contributed by atoms with van der Waals surface area (Å²) in [6, 6.07) is 0.729. The van der Waals surface area contributed by atoms with Crippen molar-refractivity contribution >= 4 is 0 Å². The molecular weight excluding hydrogens is 196 g/mol. The van der Waals surface area contributed by atoms with Crippen molar-refractivity contribution < 1.29 is 0 Å². The van der Waals surface area contributed by atoms with E-state index in [1.165, 1.54) is 45.2 Å². The summed E-state index contributed by atoms with van der Waals surface area (Å²) < 4.78 is 0. The number of nitrogens with zero attached hydrogens (tertiary/aromatic N) is 1. The van der Waals surface area contributed by atoms with Crippen LogP contribution in [0.5, 0.6) is 0 Å². The molecule has 2 fully saturated rings. The monoisotopic (exact) mass is 220 g/mol. The van der Waals surface area contributed by atoms with Crippen LogP contribution in [0.1, 0.15) is 38.5 Å². The van der Waals surface area contributed by atoms with E-state index in [-0.39, 0.29) is 0 Å². The Labute approximate surface area is 99.8 Å². The van der Waals surface area contributed by atoms with Gasteiger partial charge in [0.1, 0.15) is 0 Å². The number of terminal acetylenes is 1. The van der Waals surface area contributed by atoms with Crippen molar-refractivity contribution in [3.05, 3.63) is 0 Å². The molecule has 2 heteroatoms. The first kappa shape index (κ1) is 12.0. The van der Waals surface area contributed by atoms with Crippen LogP contribution in [0.3, 0.4) is 0 Å². The molecule has 1 saturated carbocycles. The molecule has 1 saturated heterocycles. The van der Waals surface area contributed by atoms with Crippen molar-refractivity contribution in [1.29, 1.82) is 0 Å². The van der Waals surface area contributed by atoms with Crippen LogP contribution in [0.25, 0.3) is 0 Å². The number of nitrogens with one attached hydrogen (secondary N) is 1. The molecule has 1 N–H and O–H groups in total. The molecule has 0 aromatic rings. The predicted octanol–water partition coefficient (Wildman–Crippen LogP) is 1.86. The number of piperazine rings is 1. The van der Waals surface area contributed by atoms with E-state index >= 15 is 0 Å². The summed E-state index contributed by atoms with van der Waals surface area (Å²) in [6.45, 7) is 4.62. The first-order chi connectivity index (χ1) is 7.90. The zero-order valence-corrected chi connectivity index (χ0v) is 10.3. The van der Waals surface area contributed by atoms with Gasteiger partial charge < -0.3 is 5.32 Å². The molecule has 0 bridgehead atoms. The molecule has 0 amide bonds. The van der Waals surface area contributed by atoms with E-state index in [0.717, 1.165) is 31.5 Å². The van der Waals surface area contributed by atoms with Gasteiger partial charge in [-0.2, -0.15) is 0 Å². The van der Waals surface area contributed by atoms with E-state index in [9.17, 15) is 0 Å². The van der Waals surface area contributed by atoms with Crippen LogP contribution in [0.4, 0.5) is 0 Å². The molecule has 2 aliphatic rings. The van der Waals surface area contributed by atoms with Crippen molar-refractivity contribution in [2.24, 2.45) is 5.92 Å². The van der Waals surface area contributed by atoms with Crippen LogP contribution < -0.4 is 5.32 Å². The van der Waals surface area contributed by atoms with Crippen LogP contribution in [0.15, 0.2) is 0 Å². The third kappa shape index (κ3) is 3.23. The van der Waals surface area contributed by atoms with Gasteiger partial charge in [0.15, 0.2) is 0 Å². The molecule has 16 heavy (non-hydrogen) atoms. The summed E-state index contributed by atoms with van der Waals surface area (Å²) in [5.41, 5.74) is 0. The van der Waals surface area contributed by atoms with E-state index in [1.807, 2.05) is 0 Å². The lowest BCUT2D eigenvalue weighted by atomic mass is 9.83. The fourth-order valence-electron chi connectivity index (χ4n) is 3.12. The van der Waals surface area contributed by atoms with Gasteiger partial charge in [-0.05, 0) is 18.8 Å². The highest BCUT2D eigenvalue weighted by molar-refractivity contribution is 4.89. The maximum atomic E-state index is 5.33. The summed E-state index contributed by atoms with van der Waals surface area (Å²) >= 11 is 0.